The molecule has 0 aromatic heterocycles. The third-order valence-electron chi connectivity index (χ3n) is 5.21. The molecule has 1 atom stereocenters. The van der Waals surface area contributed by atoms with Crippen LogP contribution in [0.25, 0.3) is 0 Å². The van der Waals surface area contributed by atoms with Crippen LogP contribution in [-0.4, -0.2) is 48.5 Å². The Kier molecular flexibility index (Phi) is 4.59. The number of hydrogen-bond donors (Lipinski definition) is 0. The first-order valence-corrected chi connectivity index (χ1v) is 9.01. The number of amides is 1. The number of carbonyl (C=O) groups excluding carboxylic acids is 1. The van der Waals surface area contributed by atoms with E-state index in [9.17, 15) is 4.79 Å². The van der Waals surface area contributed by atoms with Crippen molar-refractivity contribution in [1.82, 2.24) is 9.80 Å². The quantitative estimate of drug-likeness (QED) is 0.838. The molecule has 1 amide bonds. The Morgan fingerprint density at radius 2 is 1.88 bits per heavy atom. The average Bonchev–Trinajstić information content (AvgIpc) is 2.73. The molecule has 5 nitrogen and oxygen atoms in total. The normalized spacial score (nSPS) is 20.0. The van der Waals surface area contributed by atoms with Gasteiger partial charge in [0.2, 0.25) is 0 Å². The molecule has 5 heteroatoms. The van der Waals surface area contributed by atoms with E-state index in [0.29, 0.717) is 30.3 Å². The van der Waals surface area contributed by atoms with Gasteiger partial charge in [-0.1, -0.05) is 24.3 Å². The number of ether oxygens (including phenoxy) is 1. The molecule has 2 aromatic rings. The number of nitrogens with zero attached hydrogens (tertiary/aromatic N) is 3. The van der Waals surface area contributed by atoms with Crippen molar-refractivity contribution in [3.05, 3.63) is 65.2 Å². The van der Waals surface area contributed by atoms with Crippen LogP contribution in [0.5, 0.6) is 5.75 Å². The van der Waals surface area contributed by atoms with Gasteiger partial charge in [0.05, 0.1) is 18.2 Å². The highest BCUT2D eigenvalue weighted by Crippen LogP contribution is 2.36. The van der Waals surface area contributed by atoms with Crippen LogP contribution < -0.4 is 4.74 Å². The molecule has 2 aliphatic rings. The Morgan fingerprint density at radius 3 is 2.69 bits per heavy atom. The Labute approximate surface area is 153 Å². The molecule has 4 rings (SSSR count). The van der Waals surface area contributed by atoms with Crippen LogP contribution in [0.2, 0.25) is 0 Å². The third-order valence-corrected chi connectivity index (χ3v) is 5.21. The highest BCUT2D eigenvalue weighted by molar-refractivity contribution is 5.94. The first kappa shape index (κ1) is 16.6. The topological polar surface area (TPSA) is 56.6 Å². The lowest BCUT2D eigenvalue weighted by molar-refractivity contribution is 0.0510. The smallest absolute Gasteiger partial charge is 0.253 e. The summed E-state index contributed by atoms with van der Waals surface area (Å²) < 4.78 is 5.77. The molecule has 2 heterocycles. The number of rotatable bonds is 2. The van der Waals surface area contributed by atoms with Gasteiger partial charge < -0.3 is 9.64 Å². The maximum Gasteiger partial charge on any atom is 0.253 e. The maximum absolute atomic E-state index is 12.7. The second-order valence-electron chi connectivity index (χ2n) is 6.71. The highest BCUT2D eigenvalue weighted by Gasteiger charge is 2.30. The Balaban J connectivity index is 1.43. The van der Waals surface area contributed by atoms with Gasteiger partial charge in [0.15, 0.2) is 0 Å². The van der Waals surface area contributed by atoms with Crippen molar-refractivity contribution in [3.8, 4) is 11.8 Å². The summed E-state index contributed by atoms with van der Waals surface area (Å²) in [4.78, 5) is 17.1. The van der Waals surface area contributed by atoms with Crippen molar-refractivity contribution >= 4 is 5.91 Å². The van der Waals surface area contributed by atoms with Crippen LogP contribution >= 0.6 is 0 Å². The molecule has 0 saturated carbocycles. The standard InChI is InChI=1S/C21H21N3O2/c22-15-16-4-3-5-17(14-16)21(25)24-11-9-23(10-12-24)19-8-13-26-20-7-2-1-6-18(19)20/h1-7,14,19H,8-13H2. The summed E-state index contributed by atoms with van der Waals surface area (Å²) in [7, 11) is 0. The number of benzene rings is 2. The molecule has 1 fully saturated rings. The fourth-order valence-corrected chi connectivity index (χ4v) is 3.84. The van der Waals surface area contributed by atoms with Crippen LogP contribution in [0.1, 0.15) is 33.9 Å². The van der Waals surface area contributed by atoms with E-state index in [1.807, 2.05) is 17.0 Å². The third kappa shape index (κ3) is 3.16. The van der Waals surface area contributed by atoms with E-state index in [1.165, 1.54) is 5.56 Å². The summed E-state index contributed by atoms with van der Waals surface area (Å²) in [6.07, 6.45) is 0.981. The zero-order valence-corrected chi connectivity index (χ0v) is 14.6. The van der Waals surface area contributed by atoms with Gasteiger partial charge in [0.1, 0.15) is 5.75 Å². The predicted octanol–water partition coefficient (Wildman–Crippen LogP) is 2.84. The minimum absolute atomic E-state index is 0.00845. The summed E-state index contributed by atoms with van der Waals surface area (Å²) in [5.74, 6) is 0.990. The van der Waals surface area contributed by atoms with Crippen LogP contribution in [0.3, 0.4) is 0 Å². The van der Waals surface area contributed by atoms with Crippen LogP contribution in [0, 0.1) is 11.3 Å². The SMILES string of the molecule is N#Cc1cccc(C(=O)N2CCN(C3CCOc4ccccc43)CC2)c1. The van der Waals surface area contributed by atoms with E-state index in [0.717, 1.165) is 31.9 Å². The molecule has 0 radical (unpaired) electrons. The molecule has 0 spiro atoms. The second-order valence-corrected chi connectivity index (χ2v) is 6.71. The Hall–Kier alpha value is -2.84. The fourth-order valence-electron chi connectivity index (χ4n) is 3.84. The van der Waals surface area contributed by atoms with Crippen LogP contribution in [0.15, 0.2) is 48.5 Å². The van der Waals surface area contributed by atoms with Gasteiger partial charge in [-0.2, -0.15) is 5.26 Å². The highest BCUT2D eigenvalue weighted by atomic mass is 16.5. The molecular weight excluding hydrogens is 326 g/mol. The van der Waals surface area contributed by atoms with Gasteiger partial charge in [0.25, 0.3) is 5.91 Å². The molecular formula is C21H21N3O2. The monoisotopic (exact) mass is 347 g/mol. The van der Waals surface area contributed by atoms with Crippen molar-refractivity contribution in [1.29, 1.82) is 5.26 Å². The van der Waals surface area contributed by atoms with Crippen molar-refractivity contribution in [2.45, 2.75) is 12.5 Å². The molecule has 0 N–H and O–H groups in total. The van der Waals surface area contributed by atoms with Gasteiger partial charge in [-0.3, -0.25) is 9.69 Å². The minimum atomic E-state index is 0.00845. The van der Waals surface area contributed by atoms with Gasteiger partial charge in [-0.05, 0) is 24.3 Å². The number of nitriles is 1. The zero-order chi connectivity index (χ0) is 17.9. The minimum Gasteiger partial charge on any atom is -0.493 e. The summed E-state index contributed by atoms with van der Waals surface area (Å²) in [5.41, 5.74) is 2.36. The van der Waals surface area contributed by atoms with Crippen LogP contribution in [0.4, 0.5) is 0 Å². The lowest BCUT2D eigenvalue weighted by atomic mass is 9.98. The van der Waals surface area contributed by atoms with Gasteiger partial charge in [0, 0.05) is 49.8 Å². The van der Waals surface area contributed by atoms with E-state index in [-0.39, 0.29) is 5.91 Å². The average molecular weight is 347 g/mol. The lowest BCUT2D eigenvalue weighted by Crippen LogP contribution is -2.50. The largest absolute Gasteiger partial charge is 0.493 e. The molecule has 2 aromatic carbocycles. The van der Waals surface area contributed by atoms with E-state index in [2.05, 4.69) is 23.1 Å². The van der Waals surface area contributed by atoms with Gasteiger partial charge >= 0.3 is 0 Å². The van der Waals surface area contributed by atoms with E-state index >= 15 is 0 Å². The van der Waals surface area contributed by atoms with E-state index in [4.69, 9.17) is 10.00 Å². The molecule has 2 aliphatic heterocycles. The van der Waals surface area contributed by atoms with Gasteiger partial charge in [-0.15, -0.1) is 0 Å². The molecule has 1 unspecified atom stereocenters. The maximum atomic E-state index is 12.7. The summed E-state index contributed by atoms with van der Waals surface area (Å²) in [5, 5.41) is 9.02. The molecule has 0 bridgehead atoms. The number of piperazine rings is 1. The van der Waals surface area contributed by atoms with Crippen molar-refractivity contribution < 1.29 is 9.53 Å². The van der Waals surface area contributed by atoms with Crippen LogP contribution in [-0.2, 0) is 0 Å². The first-order chi connectivity index (χ1) is 12.8. The van der Waals surface area contributed by atoms with Crippen molar-refractivity contribution in [2.75, 3.05) is 32.8 Å². The predicted molar refractivity (Wildman–Crippen MR) is 97.9 cm³/mol. The number of carbonyl (C=O) groups is 1. The summed E-state index contributed by atoms with van der Waals surface area (Å²) in [6, 6.07) is 17.6. The molecule has 1 saturated heterocycles. The lowest BCUT2D eigenvalue weighted by Gasteiger charge is -2.41. The zero-order valence-electron chi connectivity index (χ0n) is 14.6. The molecule has 0 aliphatic carbocycles. The number of para-hydroxylation sites is 1. The van der Waals surface area contributed by atoms with Crippen molar-refractivity contribution in [3.63, 3.8) is 0 Å². The first-order valence-electron chi connectivity index (χ1n) is 9.01. The summed E-state index contributed by atoms with van der Waals surface area (Å²) >= 11 is 0. The van der Waals surface area contributed by atoms with E-state index < -0.39 is 0 Å². The van der Waals surface area contributed by atoms with Crippen molar-refractivity contribution in [2.24, 2.45) is 0 Å². The Bertz CT molecular complexity index is 850. The number of fused-ring (bicyclic) bond motifs is 1. The second kappa shape index (κ2) is 7.19. The number of hydrogen-bond acceptors (Lipinski definition) is 4. The Morgan fingerprint density at radius 1 is 1.08 bits per heavy atom. The molecule has 26 heavy (non-hydrogen) atoms. The summed E-state index contributed by atoms with van der Waals surface area (Å²) in [6.45, 7) is 3.84. The van der Waals surface area contributed by atoms with E-state index in [1.54, 1.807) is 24.3 Å². The fraction of sp³-hybridized carbons (Fsp3) is 0.333. The van der Waals surface area contributed by atoms with Gasteiger partial charge in [-0.25, -0.2) is 0 Å². The molecule has 132 valence electrons.